The van der Waals surface area contributed by atoms with E-state index in [1.165, 1.54) is 6.92 Å². The molecule has 0 radical (unpaired) electrons. The number of ether oxygens (including phenoxy) is 1. The first-order valence-corrected chi connectivity index (χ1v) is 8.50. The zero-order valence-electron chi connectivity index (χ0n) is 15.5. The van der Waals surface area contributed by atoms with E-state index in [0.29, 0.717) is 22.7 Å². The first kappa shape index (κ1) is 18.3. The molecule has 0 aliphatic carbocycles. The van der Waals surface area contributed by atoms with Crippen molar-refractivity contribution in [1.82, 2.24) is 4.98 Å². The van der Waals surface area contributed by atoms with Crippen molar-refractivity contribution in [1.29, 1.82) is 0 Å². The molecule has 3 aromatic rings. The average Bonchev–Trinajstić information content (AvgIpc) is 2.62. The first-order chi connectivity index (χ1) is 12.8. The standard InChI is InChI=1S/C22H20N2O3/c1-13(2)22(26)27-21-12-20(24-19-10-5-14(3)11-18(19)21)16-6-8-17(9-7-16)23-15(4)25/h5-12H,1H2,2-4H3,(H,23,25). The van der Waals surface area contributed by atoms with Crippen LogP contribution in [0.4, 0.5) is 5.69 Å². The van der Waals surface area contributed by atoms with E-state index < -0.39 is 5.97 Å². The van der Waals surface area contributed by atoms with Gasteiger partial charge in [0.1, 0.15) is 5.75 Å². The largest absolute Gasteiger partial charge is 0.422 e. The zero-order valence-corrected chi connectivity index (χ0v) is 15.5. The van der Waals surface area contributed by atoms with E-state index in [4.69, 9.17) is 4.74 Å². The van der Waals surface area contributed by atoms with Gasteiger partial charge in [0.25, 0.3) is 0 Å². The maximum atomic E-state index is 12.1. The number of carbonyl (C=O) groups is 2. The minimum atomic E-state index is -0.476. The van der Waals surface area contributed by atoms with E-state index in [2.05, 4.69) is 16.9 Å². The molecule has 5 heteroatoms. The molecule has 1 amide bonds. The maximum Gasteiger partial charge on any atom is 0.338 e. The Morgan fingerprint density at radius 3 is 2.37 bits per heavy atom. The van der Waals surface area contributed by atoms with Crippen LogP contribution in [0.2, 0.25) is 0 Å². The number of rotatable bonds is 4. The van der Waals surface area contributed by atoms with Gasteiger partial charge in [0.05, 0.1) is 11.2 Å². The number of aromatic nitrogens is 1. The first-order valence-electron chi connectivity index (χ1n) is 8.50. The van der Waals surface area contributed by atoms with Gasteiger partial charge in [-0.2, -0.15) is 0 Å². The molecule has 2 aromatic carbocycles. The number of esters is 1. The number of anilines is 1. The normalized spacial score (nSPS) is 10.5. The minimum absolute atomic E-state index is 0.129. The molecule has 3 rings (SSSR count). The summed E-state index contributed by atoms with van der Waals surface area (Å²) in [6.07, 6.45) is 0. The molecule has 0 aliphatic heterocycles. The fourth-order valence-corrected chi connectivity index (χ4v) is 2.66. The van der Waals surface area contributed by atoms with Crippen LogP contribution >= 0.6 is 0 Å². The van der Waals surface area contributed by atoms with E-state index in [-0.39, 0.29) is 5.91 Å². The summed E-state index contributed by atoms with van der Waals surface area (Å²) in [5, 5.41) is 3.50. The highest BCUT2D eigenvalue weighted by molar-refractivity contribution is 5.95. The Kier molecular flexibility index (Phi) is 5.03. The van der Waals surface area contributed by atoms with E-state index >= 15 is 0 Å². The molecule has 27 heavy (non-hydrogen) atoms. The Morgan fingerprint density at radius 1 is 1.04 bits per heavy atom. The van der Waals surface area contributed by atoms with Crippen LogP contribution in [0.1, 0.15) is 19.4 Å². The van der Waals surface area contributed by atoms with Crippen LogP contribution in [0.5, 0.6) is 5.75 Å². The molecule has 136 valence electrons. The SMILES string of the molecule is C=C(C)C(=O)Oc1cc(-c2ccc(NC(C)=O)cc2)nc2ccc(C)cc12. The van der Waals surface area contributed by atoms with Crippen molar-refractivity contribution in [2.45, 2.75) is 20.8 Å². The fraction of sp³-hybridized carbons (Fsp3) is 0.136. The molecule has 0 aliphatic rings. The Balaban J connectivity index is 2.08. The topological polar surface area (TPSA) is 68.3 Å². The van der Waals surface area contributed by atoms with Crippen LogP contribution in [0.25, 0.3) is 22.2 Å². The van der Waals surface area contributed by atoms with Crippen LogP contribution in [0.3, 0.4) is 0 Å². The Hall–Kier alpha value is -3.47. The summed E-state index contributed by atoms with van der Waals surface area (Å²) in [6.45, 7) is 8.68. The Morgan fingerprint density at radius 2 is 1.74 bits per heavy atom. The van der Waals surface area contributed by atoms with Crippen molar-refractivity contribution < 1.29 is 14.3 Å². The number of carbonyl (C=O) groups excluding carboxylic acids is 2. The number of fused-ring (bicyclic) bond motifs is 1. The lowest BCUT2D eigenvalue weighted by molar-refractivity contribution is -0.130. The summed E-state index contributed by atoms with van der Waals surface area (Å²) < 4.78 is 5.55. The molecule has 1 N–H and O–H groups in total. The van der Waals surface area contributed by atoms with Crippen LogP contribution in [0.15, 0.2) is 60.7 Å². The van der Waals surface area contributed by atoms with E-state index in [0.717, 1.165) is 22.0 Å². The van der Waals surface area contributed by atoms with Crippen LogP contribution in [-0.4, -0.2) is 16.9 Å². The maximum absolute atomic E-state index is 12.1. The third-order valence-corrected chi connectivity index (χ3v) is 3.98. The highest BCUT2D eigenvalue weighted by Gasteiger charge is 2.13. The molecular formula is C22H20N2O3. The van der Waals surface area contributed by atoms with Crippen molar-refractivity contribution in [3.63, 3.8) is 0 Å². The molecule has 0 bridgehead atoms. The van der Waals surface area contributed by atoms with Crippen LogP contribution < -0.4 is 10.1 Å². The number of aryl methyl sites for hydroxylation is 1. The van der Waals surface area contributed by atoms with E-state index in [1.54, 1.807) is 25.1 Å². The number of nitrogens with zero attached hydrogens (tertiary/aromatic N) is 1. The summed E-state index contributed by atoms with van der Waals surface area (Å²) in [6, 6.07) is 14.9. The second-order valence-corrected chi connectivity index (χ2v) is 6.45. The number of hydrogen-bond donors (Lipinski definition) is 1. The monoisotopic (exact) mass is 360 g/mol. The number of hydrogen-bond acceptors (Lipinski definition) is 4. The highest BCUT2D eigenvalue weighted by Crippen LogP contribution is 2.31. The van der Waals surface area contributed by atoms with Crippen molar-refractivity contribution in [3.8, 4) is 17.0 Å². The Bertz CT molecular complexity index is 1050. The van der Waals surface area contributed by atoms with Gasteiger partial charge in [-0.1, -0.05) is 30.3 Å². The van der Waals surface area contributed by atoms with Crippen molar-refractivity contribution in [2.24, 2.45) is 0 Å². The second kappa shape index (κ2) is 7.41. The van der Waals surface area contributed by atoms with Gasteiger partial charge in [0, 0.05) is 35.2 Å². The predicted octanol–water partition coefficient (Wildman–Crippen LogP) is 4.65. The van der Waals surface area contributed by atoms with E-state index in [9.17, 15) is 9.59 Å². The molecule has 0 saturated carbocycles. The summed E-state index contributed by atoms with van der Waals surface area (Å²) in [4.78, 5) is 27.9. The number of nitrogens with one attached hydrogen (secondary N) is 1. The highest BCUT2D eigenvalue weighted by atomic mass is 16.5. The molecule has 0 fully saturated rings. The van der Waals surface area contributed by atoms with Gasteiger partial charge >= 0.3 is 5.97 Å². The smallest absolute Gasteiger partial charge is 0.338 e. The third kappa shape index (κ3) is 4.20. The lowest BCUT2D eigenvalue weighted by Gasteiger charge is -2.11. The minimum Gasteiger partial charge on any atom is -0.422 e. The number of benzene rings is 2. The third-order valence-electron chi connectivity index (χ3n) is 3.98. The van der Waals surface area contributed by atoms with Crippen molar-refractivity contribution in [2.75, 3.05) is 5.32 Å². The van der Waals surface area contributed by atoms with Gasteiger partial charge in [-0.3, -0.25) is 4.79 Å². The quantitative estimate of drug-likeness (QED) is 0.543. The summed E-state index contributed by atoms with van der Waals surface area (Å²) in [5.41, 5.74) is 4.33. The van der Waals surface area contributed by atoms with Gasteiger partial charge < -0.3 is 10.1 Å². The van der Waals surface area contributed by atoms with Crippen molar-refractivity contribution >= 4 is 28.5 Å². The molecule has 5 nitrogen and oxygen atoms in total. The fourth-order valence-electron chi connectivity index (χ4n) is 2.66. The second-order valence-electron chi connectivity index (χ2n) is 6.45. The number of amides is 1. The molecule has 0 atom stereocenters. The predicted molar refractivity (Wildman–Crippen MR) is 107 cm³/mol. The summed E-state index contributed by atoms with van der Waals surface area (Å²) in [7, 11) is 0. The van der Waals surface area contributed by atoms with Crippen LogP contribution in [-0.2, 0) is 9.59 Å². The Labute approximate surface area is 157 Å². The summed E-state index contributed by atoms with van der Waals surface area (Å²) in [5.74, 6) is -0.162. The average molecular weight is 360 g/mol. The van der Waals surface area contributed by atoms with Gasteiger partial charge in [0.15, 0.2) is 0 Å². The van der Waals surface area contributed by atoms with Gasteiger partial charge in [0.2, 0.25) is 5.91 Å². The molecule has 0 unspecified atom stereocenters. The zero-order chi connectivity index (χ0) is 19.6. The molecule has 1 heterocycles. The van der Waals surface area contributed by atoms with Crippen molar-refractivity contribution in [3.05, 3.63) is 66.2 Å². The van der Waals surface area contributed by atoms with Gasteiger partial charge in [-0.05, 0) is 38.1 Å². The molecule has 1 aromatic heterocycles. The lowest BCUT2D eigenvalue weighted by Crippen LogP contribution is -2.09. The number of pyridine rings is 1. The van der Waals surface area contributed by atoms with Crippen LogP contribution in [0, 0.1) is 6.92 Å². The summed E-state index contributed by atoms with van der Waals surface area (Å²) >= 11 is 0. The van der Waals surface area contributed by atoms with Gasteiger partial charge in [-0.25, -0.2) is 9.78 Å². The lowest BCUT2D eigenvalue weighted by atomic mass is 10.1. The molecular weight excluding hydrogens is 340 g/mol. The molecule has 0 saturated heterocycles. The van der Waals surface area contributed by atoms with Gasteiger partial charge in [-0.15, -0.1) is 0 Å². The van der Waals surface area contributed by atoms with E-state index in [1.807, 2.05) is 37.3 Å². The molecule has 0 spiro atoms.